The summed E-state index contributed by atoms with van der Waals surface area (Å²) in [6.45, 7) is 3.95. The highest BCUT2D eigenvalue weighted by Gasteiger charge is 2.23. The van der Waals surface area contributed by atoms with E-state index in [1.165, 1.54) is 6.26 Å². The van der Waals surface area contributed by atoms with E-state index >= 15 is 0 Å². The number of carbonyl (C=O) groups is 1. The molecule has 196 valence electrons. The highest BCUT2D eigenvalue weighted by atomic mass is 35.5. The molecular weight excluding hydrogens is 529 g/mol. The molecule has 0 N–H and O–H groups in total. The van der Waals surface area contributed by atoms with Crippen LogP contribution in [0.2, 0.25) is 10.0 Å². The predicted octanol–water partition coefficient (Wildman–Crippen LogP) is 6.85. The fourth-order valence-corrected chi connectivity index (χ4v) is 4.72. The van der Waals surface area contributed by atoms with Gasteiger partial charge in [-0.1, -0.05) is 36.2 Å². The van der Waals surface area contributed by atoms with Crippen LogP contribution < -0.4 is 14.9 Å². The van der Waals surface area contributed by atoms with E-state index in [2.05, 4.69) is 4.90 Å². The number of ether oxygens (including phenoxy) is 3. The number of esters is 1. The summed E-state index contributed by atoms with van der Waals surface area (Å²) in [5.41, 5.74) is 2.37. The second-order valence-corrected chi connectivity index (χ2v) is 9.77. The Morgan fingerprint density at radius 1 is 1.08 bits per heavy atom. The van der Waals surface area contributed by atoms with Gasteiger partial charge in [-0.25, -0.2) is 4.79 Å². The summed E-state index contributed by atoms with van der Waals surface area (Å²) in [4.78, 5) is 27.3. The van der Waals surface area contributed by atoms with Crippen LogP contribution in [0.25, 0.3) is 11.0 Å². The standard InChI is InChI=1S/C29H25Cl2NO6/c1-2-13-35-29(34)19-4-7-21(8-5-19)38-26-16-36-28-22(27(26)33)9-10-25-23(28)15-32(17-37-25)12-11-18-3-6-20(30)14-24(18)31/h3-10,14,16H,2,11-13,15,17H2,1H3. The molecule has 3 aromatic carbocycles. The number of carbonyl (C=O) groups excluding carboxylic acids is 1. The Labute approximate surface area is 229 Å². The first-order chi connectivity index (χ1) is 18.4. The summed E-state index contributed by atoms with van der Waals surface area (Å²) in [6.07, 6.45) is 2.77. The van der Waals surface area contributed by atoms with E-state index in [0.717, 1.165) is 24.0 Å². The van der Waals surface area contributed by atoms with Crippen molar-refractivity contribution in [1.29, 1.82) is 0 Å². The third-order valence-corrected chi connectivity index (χ3v) is 6.81. The van der Waals surface area contributed by atoms with E-state index < -0.39 is 5.97 Å². The zero-order valence-corrected chi connectivity index (χ0v) is 22.2. The lowest BCUT2D eigenvalue weighted by molar-refractivity contribution is 0.0505. The van der Waals surface area contributed by atoms with Gasteiger partial charge in [0.1, 0.15) is 30.1 Å². The Hall–Kier alpha value is -3.52. The van der Waals surface area contributed by atoms with Gasteiger partial charge in [0.15, 0.2) is 0 Å². The van der Waals surface area contributed by atoms with Crippen LogP contribution in [0.4, 0.5) is 0 Å². The number of benzene rings is 3. The molecule has 0 aliphatic carbocycles. The van der Waals surface area contributed by atoms with Crippen molar-refractivity contribution in [2.45, 2.75) is 26.3 Å². The lowest BCUT2D eigenvalue weighted by Gasteiger charge is -2.29. The molecule has 1 aromatic heterocycles. The third kappa shape index (κ3) is 5.65. The smallest absolute Gasteiger partial charge is 0.338 e. The van der Waals surface area contributed by atoms with Crippen molar-refractivity contribution in [2.75, 3.05) is 19.9 Å². The fourth-order valence-electron chi connectivity index (χ4n) is 4.22. The molecule has 0 unspecified atom stereocenters. The predicted molar refractivity (Wildman–Crippen MR) is 146 cm³/mol. The van der Waals surface area contributed by atoms with E-state index in [0.29, 0.717) is 64.5 Å². The maximum Gasteiger partial charge on any atom is 0.338 e. The van der Waals surface area contributed by atoms with Crippen LogP contribution in [0.1, 0.15) is 34.8 Å². The van der Waals surface area contributed by atoms with Crippen LogP contribution in [0, 0.1) is 0 Å². The largest absolute Gasteiger partial charge is 0.478 e. The van der Waals surface area contributed by atoms with Crippen LogP contribution in [0.15, 0.2) is 70.1 Å². The van der Waals surface area contributed by atoms with Gasteiger partial charge in [0, 0.05) is 23.1 Å². The van der Waals surface area contributed by atoms with Gasteiger partial charge >= 0.3 is 5.97 Å². The van der Waals surface area contributed by atoms with Gasteiger partial charge in [0.05, 0.1) is 23.1 Å². The molecule has 0 spiro atoms. The molecule has 0 saturated carbocycles. The van der Waals surface area contributed by atoms with E-state index in [-0.39, 0.29) is 11.2 Å². The SMILES string of the molecule is CCCOC(=O)c1ccc(Oc2coc3c4c(ccc3c2=O)OCN(CCc2ccc(Cl)cc2Cl)C4)cc1. The third-order valence-electron chi connectivity index (χ3n) is 6.22. The van der Waals surface area contributed by atoms with E-state index in [1.54, 1.807) is 42.5 Å². The Balaban J connectivity index is 1.32. The summed E-state index contributed by atoms with van der Waals surface area (Å²) < 4.78 is 22.8. The molecule has 1 aliphatic heterocycles. The highest BCUT2D eigenvalue weighted by molar-refractivity contribution is 6.35. The Bertz CT molecular complexity index is 1530. The molecular formula is C29H25Cl2NO6. The highest BCUT2D eigenvalue weighted by Crippen LogP contribution is 2.33. The summed E-state index contributed by atoms with van der Waals surface area (Å²) in [6, 6.07) is 15.3. The summed E-state index contributed by atoms with van der Waals surface area (Å²) in [5, 5.41) is 1.63. The number of hydrogen-bond acceptors (Lipinski definition) is 7. The molecule has 0 bridgehead atoms. The van der Waals surface area contributed by atoms with Gasteiger partial charge in [-0.05, 0) is 66.9 Å². The molecule has 0 saturated heterocycles. The molecule has 7 nitrogen and oxygen atoms in total. The summed E-state index contributed by atoms with van der Waals surface area (Å²) in [7, 11) is 0. The quantitative estimate of drug-likeness (QED) is 0.220. The molecule has 0 amide bonds. The normalized spacial score (nSPS) is 13.1. The summed E-state index contributed by atoms with van der Waals surface area (Å²) in [5.74, 6) is 0.725. The maximum atomic E-state index is 13.2. The first kappa shape index (κ1) is 26.1. The van der Waals surface area contributed by atoms with Crippen molar-refractivity contribution in [3.05, 3.63) is 97.8 Å². The van der Waals surface area contributed by atoms with Crippen molar-refractivity contribution in [2.24, 2.45) is 0 Å². The molecule has 5 rings (SSSR count). The van der Waals surface area contributed by atoms with Crippen molar-refractivity contribution in [3.8, 4) is 17.2 Å². The second-order valence-electron chi connectivity index (χ2n) is 8.92. The first-order valence-corrected chi connectivity index (χ1v) is 13.0. The summed E-state index contributed by atoms with van der Waals surface area (Å²) >= 11 is 12.3. The van der Waals surface area contributed by atoms with Crippen LogP contribution in [0.3, 0.4) is 0 Å². The van der Waals surface area contributed by atoms with Crippen LogP contribution in [-0.4, -0.2) is 30.8 Å². The Kier molecular flexibility index (Phi) is 7.88. The molecule has 2 heterocycles. The minimum atomic E-state index is -0.402. The van der Waals surface area contributed by atoms with E-state index in [4.69, 9.17) is 41.8 Å². The molecule has 0 atom stereocenters. The van der Waals surface area contributed by atoms with Crippen LogP contribution >= 0.6 is 23.2 Å². The van der Waals surface area contributed by atoms with Gasteiger partial charge < -0.3 is 18.6 Å². The minimum Gasteiger partial charge on any atom is -0.478 e. The van der Waals surface area contributed by atoms with E-state index in [9.17, 15) is 9.59 Å². The Morgan fingerprint density at radius 2 is 1.89 bits per heavy atom. The van der Waals surface area contributed by atoms with Crippen molar-refractivity contribution < 1.29 is 23.4 Å². The van der Waals surface area contributed by atoms with Crippen LogP contribution in [-0.2, 0) is 17.7 Å². The number of nitrogens with zero attached hydrogens (tertiary/aromatic N) is 1. The van der Waals surface area contributed by atoms with Crippen molar-refractivity contribution >= 4 is 40.1 Å². The first-order valence-electron chi connectivity index (χ1n) is 12.2. The zero-order chi connectivity index (χ0) is 26.6. The molecule has 0 fully saturated rings. The van der Waals surface area contributed by atoms with Gasteiger partial charge in [-0.15, -0.1) is 0 Å². The van der Waals surface area contributed by atoms with E-state index in [1.807, 2.05) is 19.1 Å². The number of rotatable bonds is 8. The topological polar surface area (TPSA) is 78.2 Å². The number of hydrogen-bond donors (Lipinski definition) is 0. The van der Waals surface area contributed by atoms with Crippen molar-refractivity contribution in [1.82, 2.24) is 4.90 Å². The van der Waals surface area contributed by atoms with Gasteiger partial charge in [-0.2, -0.15) is 0 Å². The molecule has 38 heavy (non-hydrogen) atoms. The lowest BCUT2D eigenvalue weighted by Crippen LogP contribution is -2.33. The Morgan fingerprint density at radius 3 is 2.66 bits per heavy atom. The zero-order valence-electron chi connectivity index (χ0n) is 20.7. The average Bonchev–Trinajstić information content (AvgIpc) is 2.93. The molecule has 0 radical (unpaired) electrons. The van der Waals surface area contributed by atoms with Crippen molar-refractivity contribution in [3.63, 3.8) is 0 Å². The van der Waals surface area contributed by atoms with Gasteiger partial charge in [0.25, 0.3) is 0 Å². The monoisotopic (exact) mass is 553 g/mol. The van der Waals surface area contributed by atoms with Gasteiger partial charge in [-0.3, -0.25) is 9.69 Å². The second kappa shape index (κ2) is 11.5. The van der Waals surface area contributed by atoms with Gasteiger partial charge in [0.2, 0.25) is 11.2 Å². The molecule has 9 heteroatoms. The van der Waals surface area contributed by atoms with Crippen LogP contribution in [0.5, 0.6) is 17.2 Å². The average molecular weight is 554 g/mol. The molecule has 4 aromatic rings. The molecule has 1 aliphatic rings. The number of halogens is 2. The fraction of sp³-hybridized carbons (Fsp3) is 0.241. The number of fused-ring (bicyclic) bond motifs is 3. The maximum absolute atomic E-state index is 13.2. The lowest BCUT2D eigenvalue weighted by atomic mass is 10.1. The minimum absolute atomic E-state index is 0.0460.